The van der Waals surface area contributed by atoms with Gasteiger partial charge in [-0.2, -0.15) is 0 Å². The zero-order valence-corrected chi connectivity index (χ0v) is 8.49. The van der Waals surface area contributed by atoms with Gasteiger partial charge in [0.2, 0.25) is 0 Å². The summed E-state index contributed by atoms with van der Waals surface area (Å²) in [5, 5.41) is 17.4. The first-order valence-corrected chi connectivity index (χ1v) is 4.91. The second-order valence-electron chi connectivity index (χ2n) is 3.88. The molecule has 0 heterocycles. The fourth-order valence-electron chi connectivity index (χ4n) is 1.41. The van der Waals surface area contributed by atoms with E-state index in [1.54, 1.807) is 0 Å². The highest BCUT2D eigenvalue weighted by Crippen LogP contribution is 2.18. The molecule has 0 aliphatic carbocycles. The smallest absolute Gasteiger partial charge is 0.306 e. The first kappa shape index (κ1) is 12.4. The monoisotopic (exact) mass is 188 g/mol. The third-order valence-corrected chi connectivity index (χ3v) is 2.07. The predicted molar refractivity (Wildman–Crippen MR) is 51.5 cm³/mol. The summed E-state index contributed by atoms with van der Waals surface area (Å²) in [6, 6.07) is 0. The summed E-state index contributed by atoms with van der Waals surface area (Å²) in [5.41, 5.74) is 0. The Bertz CT molecular complexity index is 143. The van der Waals surface area contributed by atoms with Gasteiger partial charge in [0.05, 0.1) is 5.92 Å². The van der Waals surface area contributed by atoms with Gasteiger partial charge in [-0.25, -0.2) is 0 Å². The molecular formula is C10H20O3. The van der Waals surface area contributed by atoms with Crippen LogP contribution in [0.15, 0.2) is 0 Å². The average Bonchev–Trinajstić information content (AvgIpc) is 2.02. The lowest BCUT2D eigenvalue weighted by atomic mass is 9.92. The Morgan fingerprint density at radius 1 is 1.31 bits per heavy atom. The molecule has 0 aromatic rings. The average molecular weight is 188 g/mol. The first-order valence-electron chi connectivity index (χ1n) is 4.91. The van der Waals surface area contributed by atoms with E-state index in [-0.39, 0.29) is 12.5 Å². The minimum atomic E-state index is -0.702. The number of rotatable bonds is 7. The lowest BCUT2D eigenvalue weighted by Crippen LogP contribution is -2.16. The highest BCUT2D eigenvalue weighted by Gasteiger charge is 2.17. The molecule has 0 fully saturated rings. The van der Waals surface area contributed by atoms with Crippen LogP contribution in [0.4, 0.5) is 0 Å². The van der Waals surface area contributed by atoms with Gasteiger partial charge in [-0.15, -0.1) is 0 Å². The number of unbranched alkanes of at least 4 members (excludes halogenated alkanes) is 1. The second-order valence-corrected chi connectivity index (χ2v) is 3.88. The van der Waals surface area contributed by atoms with E-state index in [0.29, 0.717) is 18.8 Å². The van der Waals surface area contributed by atoms with E-state index >= 15 is 0 Å². The van der Waals surface area contributed by atoms with Crippen LogP contribution in [-0.4, -0.2) is 22.8 Å². The molecule has 0 bridgehead atoms. The van der Waals surface area contributed by atoms with Gasteiger partial charge in [-0.05, 0) is 25.2 Å². The van der Waals surface area contributed by atoms with Crippen LogP contribution in [0.2, 0.25) is 0 Å². The Morgan fingerprint density at radius 2 is 1.92 bits per heavy atom. The minimum Gasteiger partial charge on any atom is -0.481 e. The molecule has 0 saturated heterocycles. The third-order valence-electron chi connectivity index (χ3n) is 2.07. The number of aliphatic hydroxyl groups is 1. The number of hydrogen-bond donors (Lipinski definition) is 2. The van der Waals surface area contributed by atoms with E-state index in [1.165, 1.54) is 0 Å². The second kappa shape index (κ2) is 6.89. The molecule has 0 saturated carbocycles. The molecule has 0 aromatic heterocycles. The van der Waals surface area contributed by atoms with Crippen LogP contribution in [-0.2, 0) is 4.79 Å². The summed E-state index contributed by atoms with van der Waals surface area (Å²) >= 11 is 0. The highest BCUT2D eigenvalue weighted by atomic mass is 16.4. The third kappa shape index (κ3) is 6.58. The van der Waals surface area contributed by atoms with Gasteiger partial charge in [0.1, 0.15) is 0 Å². The minimum absolute atomic E-state index is 0.161. The SMILES string of the molecule is CC(C)CC(CCCCO)C(=O)O. The molecule has 3 heteroatoms. The van der Waals surface area contributed by atoms with E-state index in [9.17, 15) is 4.79 Å². The van der Waals surface area contributed by atoms with Crippen molar-refractivity contribution in [1.29, 1.82) is 0 Å². The standard InChI is InChI=1S/C10H20O3/c1-8(2)7-9(10(12)13)5-3-4-6-11/h8-9,11H,3-7H2,1-2H3,(H,12,13). The van der Waals surface area contributed by atoms with Gasteiger partial charge in [0.15, 0.2) is 0 Å². The van der Waals surface area contributed by atoms with Crippen LogP contribution in [0.5, 0.6) is 0 Å². The van der Waals surface area contributed by atoms with E-state index in [4.69, 9.17) is 10.2 Å². The van der Waals surface area contributed by atoms with E-state index in [1.807, 2.05) is 13.8 Å². The molecule has 3 nitrogen and oxygen atoms in total. The topological polar surface area (TPSA) is 57.5 Å². The van der Waals surface area contributed by atoms with Gasteiger partial charge < -0.3 is 10.2 Å². The van der Waals surface area contributed by atoms with Gasteiger partial charge in [-0.3, -0.25) is 4.79 Å². The quantitative estimate of drug-likeness (QED) is 0.600. The van der Waals surface area contributed by atoms with Crippen molar-refractivity contribution < 1.29 is 15.0 Å². The fraction of sp³-hybridized carbons (Fsp3) is 0.900. The molecule has 0 rings (SSSR count). The first-order chi connectivity index (χ1) is 6.07. The molecule has 1 atom stereocenters. The molecule has 78 valence electrons. The van der Waals surface area contributed by atoms with Crippen molar-refractivity contribution in [3.8, 4) is 0 Å². The van der Waals surface area contributed by atoms with Gasteiger partial charge in [0, 0.05) is 6.61 Å². The molecule has 0 aromatic carbocycles. The highest BCUT2D eigenvalue weighted by molar-refractivity contribution is 5.69. The summed E-state index contributed by atoms with van der Waals surface area (Å²) < 4.78 is 0. The summed E-state index contributed by atoms with van der Waals surface area (Å²) in [6.45, 7) is 4.22. The van der Waals surface area contributed by atoms with Crippen molar-refractivity contribution in [2.24, 2.45) is 11.8 Å². The summed E-state index contributed by atoms with van der Waals surface area (Å²) in [4.78, 5) is 10.8. The lowest BCUT2D eigenvalue weighted by molar-refractivity contribution is -0.142. The van der Waals surface area contributed by atoms with Crippen molar-refractivity contribution in [3.63, 3.8) is 0 Å². The molecule has 0 aliphatic heterocycles. The van der Waals surface area contributed by atoms with Crippen molar-refractivity contribution >= 4 is 5.97 Å². The number of aliphatic carboxylic acids is 1. The maximum atomic E-state index is 10.8. The summed E-state index contributed by atoms with van der Waals surface area (Å²) in [5.74, 6) is -0.506. The van der Waals surface area contributed by atoms with Crippen molar-refractivity contribution in [1.82, 2.24) is 0 Å². The van der Waals surface area contributed by atoms with E-state index in [2.05, 4.69) is 0 Å². The zero-order valence-electron chi connectivity index (χ0n) is 8.49. The Hall–Kier alpha value is -0.570. The molecule has 0 amide bonds. The van der Waals surface area contributed by atoms with Crippen LogP contribution in [0.1, 0.15) is 39.5 Å². The van der Waals surface area contributed by atoms with Crippen LogP contribution in [0.3, 0.4) is 0 Å². The normalized spacial score (nSPS) is 13.2. The molecule has 0 aliphatic rings. The van der Waals surface area contributed by atoms with E-state index in [0.717, 1.165) is 12.8 Å². The maximum absolute atomic E-state index is 10.8. The Labute approximate surface area is 79.8 Å². The molecule has 1 unspecified atom stereocenters. The number of carbonyl (C=O) groups is 1. The number of carboxylic acid groups (broad SMARTS) is 1. The number of carboxylic acids is 1. The lowest BCUT2D eigenvalue weighted by Gasteiger charge is -2.13. The van der Waals surface area contributed by atoms with Gasteiger partial charge in [0.25, 0.3) is 0 Å². The van der Waals surface area contributed by atoms with Crippen LogP contribution in [0.25, 0.3) is 0 Å². The molecule has 13 heavy (non-hydrogen) atoms. The van der Waals surface area contributed by atoms with Crippen LogP contribution >= 0.6 is 0 Å². The van der Waals surface area contributed by atoms with Crippen LogP contribution < -0.4 is 0 Å². The van der Waals surface area contributed by atoms with Gasteiger partial charge in [-0.1, -0.05) is 20.3 Å². The largest absolute Gasteiger partial charge is 0.481 e. The fourth-order valence-corrected chi connectivity index (χ4v) is 1.41. The maximum Gasteiger partial charge on any atom is 0.306 e. The van der Waals surface area contributed by atoms with Gasteiger partial charge >= 0.3 is 5.97 Å². The number of hydrogen-bond acceptors (Lipinski definition) is 2. The summed E-state index contributed by atoms with van der Waals surface area (Å²) in [7, 11) is 0. The molecular weight excluding hydrogens is 168 g/mol. The Morgan fingerprint density at radius 3 is 2.31 bits per heavy atom. The molecule has 2 N–H and O–H groups in total. The zero-order chi connectivity index (χ0) is 10.3. The molecule has 0 spiro atoms. The summed E-state index contributed by atoms with van der Waals surface area (Å²) in [6.07, 6.45) is 2.94. The predicted octanol–water partition coefficient (Wildman–Crippen LogP) is 1.90. The van der Waals surface area contributed by atoms with E-state index < -0.39 is 5.97 Å². The van der Waals surface area contributed by atoms with Crippen molar-refractivity contribution in [2.45, 2.75) is 39.5 Å². The number of aliphatic hydroxyl groups excluding tert-OH is 1. The Kier molecular flexibility index (Phi) is 6.59. The molecule has 0 radical (unpaired) electrons. The van der Waals surface area contributed by atoms with Crippen molar-refractivity contribution in [3.05, 3.63) is 0 Å². The Balaban J connectivity index is 3.74. The van der Waals surface area contributed by atoms with Crippen molar-refractivity contribution in [2.75, 3.05) is 6.61 Å². The van der Waals surface area contributed by atoms with Crippen LogP contribution in [0, 0.1) is 11.8 Å².